The van der Waals surface area contributed by atoms with Gasteiger partial charge in [0.1, 0.15) is 0 Å². The lowest BCUT2D eigenvalue weighted by molar-refractivity contribution is 0.260. The van der Waals surface area contributed by atoms with Crippen molar-refractivity contribution < 1.29 is 9.05 Å². The summed E-state index contributed by atoms with van der Waals surface area (Å²) < 4.78 is 10.6. The molecule has 0 radical (unpaired) electrons. The highest BCUT2D eigenvalue weighted by Gasteiger charge is 2.08. The third-order valence-corrected chi connectivity index (χ3v) is 2.90. The van der Waals surface area contributed by atoms with Crippen molar-refractivity contribution in [3.8, 4) is 0 Å². The monoisotopic (exact) mass is 182 g/mol. The Morgan fingerprint density at radius 3 is 2.30 bits per heavy atom. The SMILES string of the molecule is CCCOP(C)(=S)OCC. The van der Waals surface area contributed by atoms with E-state index in [0.717, 1.165) is 6.42 Å². The number of rotatable bonds is 5. The van der Waals surface area contributed by atoms with Crippen LogP contribution in [0.25, 0.3) is 0 Å². The van der Waals surface area contributed by atoms with Crippen LogP contribution in [0.1, 0.15) is 20.3 Å². The summed E-state index contributed by atoms with van der Waals surface area (Å²) in [5.74, 6) is 0. The van der Waals surface area contributed by atoms with Crippen LogP contribution in [-0.4, -0.2) is 19.9 Å². The molecule has 0 aliphatic carbocycles. The van der Waals surface area contributed by atoms with Gasteiger partial charge in [0.25, 0.3) is 0 Å². The van der Waals surface area contributed by atoms with Gasteiger partial charge in [0.2, 0.25) is 0 Å². The lowest BCUT2D eigenvalue weighted by Crippen LogP contribution is -1.94. The van der Waals surface area contributed by atoms with Gasteiger partial charge in [-0.05, 0) is 25.2 Å². The zero-order valence-electron chi connectivity index (χ0n) is 6.79. The second-order valence-electron chi connectivity index (χ2n) is 2.02. The Labute approximate surface area is 68.1 Å². The molecule has 0 saturated carbocycles. The largest absolute Gasteiger partial charge is 0.330 e. The minimum Gasteiger partial charge on any atom is -0.330 e. The molecule has 0 aromatic carbocycles. The fraction of sp³-hybridized carbons (Fsp3) is 1.00. The Morgan fingerprint density at radius 2 is 1.90 bits per heavy atom. The maximum atomic E-state index is 5.32. The molecular weight excluding hydrogens is 167 g/mol. The van der Waals surface area contributed by atoms with E-state index in [1.807, 2.05) is 13.6 Å². The normalized spacial score (nSPS) is 16.7. The summed E-state index contributed by atoms with van der Waals surface area (Å²) >= 11 is 5.07. The van der Waals surface area contributed by atoms with Crippen molar-refractivity contribution in [2.75, 3.05) is 19.9 Å². The molecule has 4 heteroatoms. The lowest BCUT2D eigenvalue weighted by atomic mass is 10.5. The van der Waals surface area contributed by atoms with Crippen LogP contribution in [0.15, 0.2) is 0 Å². The minimum absolute atomic E-state index is 0.650. The Morgan fingerprint density at radius 1 is 1.30 bits per heavy atom. The summed E-state index contributed by atoms with van der Waals surface area (Å²) in [4.78, 5) is 0. The predicted molar refractivity (Wildman–Crippen MR) is 48.1 cm³/mol. The van der Waals surface area contributed by atoms with Crippen LogP contribution in [0.5, 0.6) is 0 Å². The molecule has 0 amide bonds. The van der Waals surface area contributed by atoms with Crippen LogP contribution in [0.4, 0.5) is 0 Å². The van der Waals surface area contributed by atoms with E-state index in [4.69, 9.17) is 20.9 Å². The smallest absolute Gasteiger partial charge is 0.185 e. The van der Waals surface area contributed by atoms with E-state index in [1.54, 1.807) is 0 Å². The molecule has 0 aromatic heterocycles. The van der Waals surface area contributed by atoms with Crippen molar-refractivity contribution >= 4 is 18.3 Å². The Hall–Kier alpha value is 0.570. The Balaban J connectivity index is 3.53. The fourth-order valence-corrected chi connectivity index (χ4v) is 2.13. The highest BCUT2D eigenvalue weighted by Crippen LogP contribution is 2.43. The number of hydrogen-bond donors (Lipinski definition) is 0. The first-order valence-corrected chi connectivity index (χ1v) is 6.57. The van der Waals surface area contributed by atoms with Crippen molar-refractivity contribution in [2.45, 2.75) is 20.3 Å². The van der Waals surface area contributed by atoms with Gasteiger partial charge < -0.3 is 9.05 Å². The van der Waals surface area contributed by atoms with E-state index in [0.29, 0.717) is 13.2 Å². The molecule has 0 rings (SSSR count). The van der Waals surface area contributed by atoms with Crippen molar-refractivity contribution in [3.05, 3.63) is 0 Å². The van der Waals surface area contributed by atoms with Crippen molar-refractivity contribution in [1.82, 2.24) is 0 Å². The van der Waals surface area contributed by atoms with Gasteiger partial charge in [-0.15, -0.1) is 0 Å². The molecule has 0 heterocycles. The van der Waals surface area contributed by atoms with Crippen molar-refractivity contribution in [2.24, 2.45) is 0 Å². The third-order valence-electron chi connectivity index (χ3n) is 0.894. The molecule has 62 valence electrons. The molecule has 0 fully saturated rings. The molecule has 10 heavy (non-hydrogen) atoms. The summed E-state index contributed by atoms with van der Waals surface area (Å²) in [6, 6.07) is 0. The average molecular weight is 182 g/mol. The number of hydrogen-bond acceptors (Lipinski definition) is 3. The maximum absolute atomic E-state index is 5.32. The van der Waals surface area contributed by atoms with Gasteiger partial charge in [-0.2, -0.15) is 0 Å². The molecule has 2 nitrogen and oxygen atoms in total. The van der Waals surface area contributed by atoms with E-state index in [1.165, 1.54) is 0 Å². The van der Waals surface area contributed by atoms with Crippen LogP contribution >= 0.6 is 6.49 Å². The van der Waals surface area contributed by atoms with Crippen LogP contribution in [0, 0.1) is 0 Å². The highest BCUT2D eigenvalue weighted by molar-refractivity contribution is 8.09. The summed E-state index contributed by atoms with van der Waals surface area (Å²) in [6.45, 7) is 5.34. The predicted octanol–water partition coefficient (Wildman–Crippen LogP) is 2.39. The van der Waals surface area contributed by atoms with E-state index in [-0.39, 0.29) is 0 Å². The highest BCUT2D eigenvalue weighted by atomic mass is 32.5. The molecule has 0 aliphatic heterocycles. The van der Waals surface area contributed by atoms with Gasteiger partial charge in [0.15, 0.2) is 6.49 Å². The van der Waals surface area contributed by atoms with Gasteiger partial charge in [0, 0.05) is 6.66 Å². The lowest BCUT2D eigenvalue weighted by Gasteiger charge is -2.15. The molecule has 0 spiro atoms. The van der Waals surface area contributed by atoms with Gasteiger partial charge in [-0.3, -0.25) is 0 Å². The summed E-state index contributed by atoms with van der Waals surface area (Å²) in [6.07, 6.45) is 0.999. The van der Waals surface area contributed by atoms with Crippen molar-refractivity contribution in [1.29, 1.82) is 0 Å². The van der Waals surface area contributed by atoms with Crippen LogP contribution in [0.3, 0.4) is 0 Å². The first-order chi connectivity index (χ1) is 4.62. The zero-order chi connectivity index (χ0) is 8.04. The van der Waals surface area contributed by atoms with Crippen molar-refractivity contribution in [3.63, 3.8) is 0 Å². The Bertz CT molecular complexity index is 127. The first kappa shape index (κ1) is 10.6. The molecule has 0 N–H and O–H groups in total. The molecule has 1 atom stereocenters. The zero-order valence-corrected chi connectivity index (χ0v) is 8.50. The van der Waals surface area contributed by atoms with Gasteiger partial charge in [-0.25, -0.2) is 0 Å². The van der Waals surface area contributed by atoms with E-state index >= 15 is 0 Å². The summed E-state index contributed by atoms with van der Waals surface area (Å²) in [7, 11) is 0. The first-order valence-electron chi connectivity index (χ1n) is 3.49. The summed E-state index contributed by atoms with van der Waals surface area (Å²) in [5.41, 5.74) is 0. The quantitative estimate of drug-likeness (QED) is 0.608. The second-order valence-corrected chi connectivity index (χ2v) is 6.07. The standard InChI is InChI=1S/C6H15O2PS/c1-4-6-8-9(3,10)7-5-2/h4-6H2,1-3H3. The molecule has 0 bridgehead atoms. The molecule has 0 aliphatic rings. The minimum atomic E-state index is -1.88. The van der Waals surface area contributed by atoms with E-state index in [9.17, 15) is 0 Å². The van der Waals surface area contributed by atoms with Gasteiger partial charge >= 0.3 is 0 Å². The van der Waals surface area contributed by atoms with Gasteiger partial charge in [-0.1, -0.05) is 6.92 Å². The molecular formula is C6H15O2PS. The molecule has 0 saturated heterocycles. The van der Waals surface area contributed by atoms with E-state index < -0.39 is 6.49 Å². The van der Waals surface area contributed by atoms with Crippen LogP contribution < -0.4 is 0 Å². The molecule has 1 unspecified atom stereocenters. The third kappa shape index (κ3) is 5.36. The van der Waals surface area contributed by atoms with Gasteiger partial charge in [0.05, 0.1) is 13.2 Å². The fourth-order valence-electron chi connectivity index (χ4n) is 0.529. The Kier molecular flexibility index (Phi) is 5.55. The van der Waals surface area contributed by atoms with Crippen LogP contribution in [-0.2, 0) is 20.9 Å². The molecule has 0 aromatic rings. The second kappa shape index (κ2) is 5.25. The maximum Gasteiger partial charge on any atom is 0.185 e. The summed E-state index contributed by atoms with van der Waals surface area (Å²) in [5, 5.41) is 0. The van der Waals surface area contributed by atoms with E-state index in [2.05, 4.69) is 6.92 Å². The van der Waals surface area contributed by atoms with Crippen LogP contribution in [0.2, 0.25) is 0 Å². The topological polar surface area (TPSA) is 18.5 Å². The average Bonchev–Trinajstić information content (AvgIpc) is 1.84.